The normalized spacial score (nSPS) is 19.3. The van der Waals surface area contributed by atoms with Gasteiger partial charge >= 0.3 is 0 Å². The van der Waals surface area contributed by atoms with Gasteiger partial charge < -0.3 is 9.88 Å². The van der Waals surface area contributed by atoms with Crippen molar-refractivity contribution in [1.29, 1.82) is 0 Å². The standard InChI is InChI=1S/C19H25N3O/c23-19(20-15-7-3-1-2-4-8-15)14-10-11-17-16(13-14)21-18-9-5-6-12-22(17)18/h10-11,13,15H,1-9,12H2,(H,20,23). The zero-order valence-electron chi connectivity index (χ0n) is 13.7. The number of hydrogen-bond donors (Lipinski definition) is 1. The molecule has 2 aromatic rings. The second-order valence-electron chi connectivity index (χ2n) is 7.00. The average Bonchev–Trinajstić information content (AvgIpc) is 2.74. The van der Waals surface area contributed by atoms with Crippen molar-refractivity contribution in [1.82, 2.24) is 14.9 Å². The van der Waals surface area contributed by atoms with Crippen LogP contribution in [0.3, 0.4) is 0 Å². The molecule has 4 rings (SSSR count). The van der Waals surface area contributed by atoms with Gasteiger partial charge in [-0.3, -0.25) is 4.79 Å². The molecule has 2 aliphatic rings. The molecule has 0 unspecified atom stereocenters. The lowest BCUT2D eigenvalue weighted by molar-refractivity contribution is 0.0933. The monoisotopic (exact) mass is 311 g/mol. The van der Waals surface area contributed by atoms with E-state index in [1.54, 1.807) is 0 Å². The molecule has 0 bridgehead atoms. The van der Waals surface area contributed by atoms with E-state index in [1.807, 2.05) is 12.1 Å². The van der Waals surface area contributed by atoms with Gasteiger partial charge in [0.05, 0.1) is 11.0 Å². The van der Waals surface area contributed by atoms with Crippen molar-refractivity contribution in [3.63, 3.8) is 0 Å². The van der Waals surface area contributed by atoms with Crippen molar-refractivity contribution in [2.24, 2.45) is 0 Å². The first kappa shape index (κ1) is 14.7. The average molecular weight is 311 g/mol. The molecule has 122 valence electrons. The molecule has 0 radical (unpaired) electrons. The molecule has 1 saturated carbocycles. The lowest BCUT2D eigenvalue weighted by Gasteiger charge is -2.16. The highest BCUT2D eigenvalue weighted by Gasteiger charge is 2.18. The number of imidazole rings is 1. The minimum Gasteiger partial charge on any atom is -0.349 e. The third-order valence-electron chi connectivity index (χ3n) is 5.31. The first-order valence-corrected chi connectivity index (χ1v) is 9.11. The van der Waals surface area contributed by atoms with Crippen LogP contribution in [0, 0.1) is 0 Å². The maximum absolute atomic E-state index is 12.6. The fraction of sp³-hybridized carbons (Fsp3) is 0.579. The van der Waals surface area contributed by atoms with Crippen molar-refractivity contribution < 1.29 is 4.79 Å². The third-order valence-corrected chi connectivity index (χ3v) is 5.31. The Morgan fingerprint density at radius 3 is 2.74 bits per heavy atom. The maximum atomic E-state index is 12.6. The number of carbonyl (C=O) groups is 1. The van der Waals surface area contributed by atoms with Gasteiger partial charge in [-0.25, -0.2) is 4.98 Å². The summed E-state index contributed by atoms with van der Waals surface area (Å²) in [6.07, 6.45) is 10.8. The molecule has 1 amide bonds. The molecule has 0 spiro atoms. The molecule has 1 aliphatic heterocycles. The molecule has 1 N–H and O–H groups in total. The summed E-state index contributed by atoms with van der Waals surface area (Å²) in [5, 5.41) is 3.23. The Bertz CT molecular complexity index is 711. The van der Waals surface area contributed by atoms with Crippen molar-refractivity contribution in [3.05, 3.63) is 29.6 Å². The van der Waals surface area contributed by atoms with Crippen LogP contribution >= 0.6 is 0 Å². The Kier molecular flexibility index (Phi) is 4.06. The van der Waals surface area contributed by atoms with E-state index in [9.17, 15) is 4.79 Å². The van der Waals surface area contributed by atoms with Crippen LogP contribution in [0.1, 0.15) is 67.5 Å². The maximum Gasteiger partial charge on any atom is 0.251 e. The summed E-state index contributed by atoms with van der Waals surface area (Å²) < 4.78 is 2.31. The number of nitrogens with zero attached hydrogens (tertiary/aromatic N) is 2. The molecule has 2 heterocycles. The number of nitrogens with one attached hydrogen (secondary N) is 1. The second kappa shape index (κ2) is 6.34. The lowest BCUT2D eigenvalue weighted by atomic mass is 10.1. The van der Waals surface area contributed by atoms with E-state index in [0.29, 0.717) is 6.04 Å². The molecule has 0 atom stereocenters. The number of benzene rings is 1. The van der Waals surface area contributed by atoms with Gasteiger partial charge in [0.25, 0.3) is 5.91 Å². The SMILES string of the molecule is O=C(NC1CCCCCC1)c1ccc2c(c1)nc1n2CCCC1. The fourth-order valence-electron chi connectivity index (χ4n) is 4.01. The minimum atomic E-state index is 0.0600. The Labute approximate surface area is 137 Å². The van der Waals surface area contributed by atoms with Crippen LogP contribution < -0.4 is 5.32 Å². The Balaban J connectivity index is 1.55. The molecular formula is C19H25N3O. The predicted molar refractivity (Wildman–Crippen MR) is 91.6 cm³/mol. The number of rotatable bonds is 2. The fourth-order valence-corrected chi connectivity index (χ4v) is 4.01. The van der Waals surface area contributed by atoms with E-state index >= 15 is 0 Å². The van der Waals surface area contributed by atoms with Crippen LogP contribution in [0.25, 0.3) is 11.0 Å². The lowest BCUT2D eigenvalue weighted by Crippen LogP contribution is -2.34. The molecule has 4 nitrogen and oxygen atoms in total. The molecule has 4 heteroatoms. The topological polar surface area (TPSA) is 46.9 Å². The second-order valence-corrected chi connectivity index (χ2v) is 7.00. The van der Waals surface area contributed by atoms with Crippen LogP contribution in [-0.4, -0.2) is 21.5 Å². The van der Waals surface area contributed by atoms with Crippen LogP contribution in [-0.2, 0) is 13.0 Å². The molecular weight excluding hydrogens is 286 g/mol. The van der Waals surface area contributed by atoms with Gasteiger partial charge in [0.2, 0.25) is 0 Å². The highest BCUT2D eigenvalue weighted by atomic mass is 16.1. The van der Waals surface area contributed by atoms with E-state index < -0.39 is 0 Å². The molecule has 1 fully saturated rings. The van der Waals surface area contributed by atoms with Gasteiger partial charge in [-0.15, -0.1) is 0 Å². The summed E-state index contributed by atoms with van der Waals surface area (Å²) in [5.41, 5.74) is 2.89. The van der Waals surface area contributed by atoms with E-state index in [-0.39, 0.29) is 5.91 Å². The number of carbonyl (C=O) groups excluding carboxylic acids is 1. The molecule has 0 saturated heterocycles. The Morgan fingerprint density at radius 2 is 1.91 bits per heavy atom. The van der Waals surface area contributed by atoms with Gasteiger partial charge in [-0.05, 0) is 43.9 Å². The number of hydrogen-bond acceptors (Lipinski definition) is 2. The van der Waals surface area contributed by atoms with E-state index in [1.165, 1.54) is 49.9 Å². The number of fused-ring (bicyclic) bond motifs is 3. The Morgan fingerprint density at radius 1 is 1.09 bits per heavy atom. The third kappa shape index (κ3) is 2.99. The smallest absolute Gasteiger partial charge is 0.251 e. The van der Waals surface area contributed by atoms with Crippen LogP contribution in [0.5, 0.6) is 0 Å². The summed E-state index contributed by atoms with van der Waals surface area (Å²) in [6.45, 7) is 1.06. The predicted octanol–water partition coefficient (Wildman–Crippen LogP) is 3.83. The van der Waals surface area contributed by atoms with E-state index in [2.05, 4.69) is 16.0 Å². The molecule has 1 aromatic carbocycles. The van der Waals surface area contributed by atoms with Gasteiger partial charge in [-0.1, -0.05) is 25.7 Å². The molecule has 23 heavy (non-hydrogen) atoms. The van der Waals surface area contributed by atoms with Gasteiger partial charge in [0.1, 0.15) is 5.82 Å². The quantitative estimate of drug-likeness (QED) is 0.857. The van der Waals surface area contributed by atoms with Gasteiger partial charge in [-0.2, -0.15) is 0 Å². The van der Waals surface area contributed by atoms with Crippen molar-refractivity contribution in [3.8, 4) is 0 Å². The van der Waals surface area contributed by atoms with Gasteiger partial charge in [0, 0.05) is 24.6 Å². The largest absolute Gasteiger partial charge is 0.349 e. The highest BCUT2D eigenvalue weighted by Crippen LogP contribution is 2.23. The first-order valence-electron chi connectivity index (χ1n) is 9.11. The zero-order chi connectivity index (χ0) is 15.6. The number of amides is 1. The summed E-state index contributed by atoms with van der Waals surface area (Å²) >= 11 is 0. The van der Waals surface area contributed by atoms with E-state index in [0.717, 1.165) is 36.9 Å². The zero-order valence-corrected chi connectivity index (χ0v) is 13.7. The van der Waals surface area contributed by atoms with Crippen LogP contribution in [0.2, 0.25) is 0 Å². The Hall–Kier alpha value is -1.84. The van der Waals surface area contributed by atoms with Crippen molar-refractivity contribution in [2.75, 3.05) is 0 Å². The highest BCUT2D eigenvalue weighted by molar-refractivity contribution is 5.97. The minimum absolute atomic E-state index is 0.0600. The summed E-state index contributed by atoms with van der Waals surface area (Å²) in [7, 11) is 0. The first-order chi connectivity index (χ1) is 11.3. The summed E-state index contributed by atoms with van der Waals surface area (Å²) in [6, 6.07) is 6.33. The van der Waals surface area contributed by atoms with Crippen molar-refractivity contribution in [2.45, 2.75) is 70.4 Å². The number of aryl methyl sites for hydroxylation is 2. The number of aromatic nitrogens is 2. The summed E-state index contributed by atoms with van der Waals surface area (Å²) in [4.78, 5) is 17.3. The van der Waals surface area contributed by atoms with E-state index in [4.69, 9.17) is 4.98 Å². The van der Waals surface area contributed by atoms with Gasteiger partial charge in [0.15, 0.2) is 0 Å². The van der Waals surface area contributed by atoms with Crippen LogP contribution in [0.4, 0.5) is 0 Å². The summed E-state index contributed by atoms with van der Waals surface area (Å²) in [5.74, 6) is 1.23. The molecule has 1 aliphatic carbocycles. The van der Waals surface area contributed by atoms with Crippen molar-refractivity contribution >= 4 is 16.9 Å². The molecule has 1 aromatic heterocycles. The van der Waals surface area contributed by atoms with Crippen LogP contribution in [0.15, 0.2) is 18.2 Å².